The first-order valence-corrected chi connectivity index (χ1v) is 8.95. The molecule has 4 rings (SSSR count). The van der Waals surface area contributed by atoms with Crippen LogP contribution in [0.1, 0.15) is 41.7 Å². The lowest BCUT2D eigenvalue weighted by Crippen LogP contribution is -2.34. The van der Waals surface area contributed by atoms with Crippen molar-refractivity contribution in [3.8, 4) is 11.8 Å². The number of carbonyl (C=O) groups excluding carboxylic acids is 1. The molecule has 1 aromatic carbocycles. The molecule has 2 heterocycles. The second-order valence-corrected chi connectivity index (χ2v) is 7.26. The van der Waals surface area contributed by atoms with Crippen molar-refractivity contribution in [2.45, 2.75) is 30.9 Å². The van der Waals surface area contributed by atoms with Crippen molar-refractivity contribution in [2.24, 2.45) is 5.92 Å². The van der Waals surface area contributed by atoms with Crippen LogP contribution in [0.15, 0.2) is 36.7 Å². The highest BCUT2D eigenvalue weighted by Crippen LogP contribution is 2.42. The standard InChI is InChI=1S/C20H14ClF3N2O2/c21-16-6-14(22)3-4-15(16)18-17(26-19(27)28-18)13-5-11(9-25-10-13)1-2-12-7-20(23,24)8-12/h3-6,9-10,12,17-18H,7-8H2,(H,26,27). The highest BCUT2D eigenvalue weighted by atomic mass is 35.5. The van der Waals surface area contributed by atoms with Crippen molar-refractivity contribution in [3.63, 3.8) is 0 Å². The molecule has 1 saturated heterocycles. The molecular weight excluding hydrogens is 393 g/mol. The van der Waals surface area contributed by atoms with Crippen LogP contribution >= 0.6 is 11.6 Å². The molecule has 1 amide bonds. The summed E-state index contributed by atoms with van der Waals surface area (Å²) in [5.41, 5.74) is 1.61. The monoisotopic (exact) mass is 406 g/mol. The van der Waals surface area contributed by atoms with E-state index < -0.39 is 30.0 Å². The maximum Gasteiger partial charge on any atom is 0.408 e. The smallest absolute Gasteiger partial charge is 0.408 e. The second-order valence-electron chi connectivity index (χ2n) is 6.85. The van der Waals surface area contributed by atoms with Gasteiger partial charge in [-0.2, -0.15) is 0 Å². The Bertz CT molecular complexity index is 994. The molecule has 144 valence electrons. The van der Waals surface area contributed by atoms with Gasteiger partial charge < -0.3 is 10.1 Å². The van der Waals surface area contributed by atoms with Gasteiger partial charge in [-0.25, -0.2) is 18.0 Å². The van der Waals surface area contributed by atoms with Crippen LogP contribution in [-0.4, -0.2) is 17.0 Å². The van der Waals surface area contributed by atoms with Crippen molar-refractivity contribution >= 4 is 17.7 Å². The van der Waals surface area contributed by atoms with Crippen LogP contribution < -0.4 is 5.32 Å². The Morgan fingerprint density at radius 3 is 2.75 bits per heavy atom. The number of amides is 1. The Morgan fingerprint density at radius 1 is 1.25 bits per heavy atom. The Morgan fingerprint density at radius 2 is 2.04 bits per heavy atom. The molecule has 1 aliphatic carbocycles. The number of aromatic nitrogens is 1. The minimum atomic E-state index is -2.62. The first-order valence-electron chi connectivity index (χ1n) is 8.57. The molecule has 1 aromatic heterocycles. The summed E-state index contributed by atoms with van der Waals surface area (Å²) in [6.07, 6.45) is 1.20. The molecule has 1 saturated carbocycles. The summed E-state index contributed by atoms with van der Waals surface area (Å²) in [6, 6.07) is 4.95. The minimum absolute atomic E-state index is 0.140. The molecule has 0 spiro atoms. The molecule has 2 fully saturated rings. The number of alkyl carbamates (subject to hydrolysis) is 1. The third-order valence-corrected chi connectivity index (χ3v) is 5.04. The lowest BCUT2D eigenvalue weighted by atomic mass is 9.82. The summed E-state index contributed by atoms with van der Waals surface area (Å²) in [5.74, 6) is 2.23. The molecule has 2 atom stereocenters. The number of hydrogen-bond acceptors (Lipinski definition) is 3. The van der Waals surface area contributed by atoms with E-state index in [2.05, 4.69) is 22.1 Å². The number of halogens is 4. The van der Waals surface area contributed by atoms with Gasteiger partial charge >= 0.3 is 6.09 Å². The van der Waals surface area contributed by atoms with Crippen LogP contribution in [0, 0.1) is 23.6 Å². The fourth-order valence-electron chi connectivity index (χ4n) is 3.30. The van der Waals surface area contributed by atoms with E-state index in [9.17, 15) is 18.0 Å². The lowest BCUT2D eigenvalue weighted by Gasteiger charge is -2.31. The summed E-state index contributed by atoms with van der Waals surface area (Å²) in [4.78, 5) is 15.9. The van der Waals surface area contributed by atoms with Gasteiger partial charge in [0.2, 0.25) is 0 Å². The average Bonchev–Trinajstić information content (AvgIpc) is 3.00. The normalized spacial score (nSPS) is 23.2. The van der Waals surface area contributed by atoms with E-state index >= 15 is 0 Å². The van der Waals surface area contributed by atoms with Crippen LogP contribution in [0.5, 0.6) is 0 Å². The number of benzene rings is 1. The van der Waals surface area contributed by atoms with Crippen molar-refractivity contribution in [1.82, 2.24) is 10.3 Å². The number of carbonyl (C=O) groups is 1. The van der Waals surface area contributed by atoms with E-state index in [0.29, 0.717) is 16.7 Å². The Hall–Kier alpha value is -2.72. The number of nitrogens with zero attached hydrogens (tertiary/aromatic N) is 1. The van der Waals surface area contributed by atoms with Gasteiger partial charge in [-0.1, -0.05) is 29.5 Å². The fourth-order valence-corrected chi connectivity index (χ4v) is 3.57. The number of rotatable bonds is 2. The molecule has 0 bridgehead atoms. The van der Waals surface area contributed by atoms with Gasteiger partial charge in [0.05, 0.1) is 5.02 Å². The van der Waals surface area contributed by atoms with Gasteiger partial charge in [-0.3, -0.25) is 4.98 Å². The highest BCUT2D eigenvalue weighted by molar-refractivity contribution is 6.31. The zero-order valence-electron chi connectivity index (χ0n) is 14.4. The number of ether oxygens (including phenoxy) is 1. The van der Waals surface area contributed by atoms with E-state index in [4.69, 9.17) is 16.3 Å². The minimum Gasteiger partial charge on any atom is -0.439 e. The summed E-state index contributed by atoms with van der Waals surface area (Å²) in [6.45, 7) is 0. The van der Waals surface area contributed by atoms with Crippen molar-refractivity contribution < 1.29 is 22.7 Å². The number of alkyl halides is 2. The third-order valence-electron chi connectivity index (χ3n) is 4.71. The highest BCUT2D eigenvalue weighted by Gasteiger charge is 2.44. The van der Waals surface area contributed by atoms with Crippen molar-refractivity contribution in [1.29, 1.82) is 0 Å². The van der Waals surface area contributed by atoms with E-state index in [1.165, 1.54) is 18.3 Å². The molecular formula is C20H14ClF3N2O2. The van der Waals surface area contributed by atoms with E-state index in [-0.39, 0.29) is 23.8 Å². The first kappa shape index (κ1) is 18.6. The number of pyridine rings is 1. The molecule has 2 aromatic rings. The Balaban J connectivity index is 1.59. The summed E-state index contributed by atoms with van der Waals surface area (Å²) < 4.78 is 44.5. The summed E-state index contributed by atoms with van der Waals surface area (Å²) in [7, 11) is 0. The molecule has 1 N–H and O–H groups in total. The third kappa shape index (κ3) is 3.78. The van der Waals surface area contributed by atoms with Crippen molar-refractivity contribution in [2.75, 3.05) is 0 Å². The summed E-state index contributed by atoms with van der Waals surface area (Å²) >= 11 is 6.11. The van der Waals surface area contributed by atoms with Gasteiger partial charge in [0, 0.05) is 42.3 Å². The lowest BCUT2D eigenvalue weighted by molar-refractivity contribution is -0.0936. The number of hydrogen-bond donors (Lipinski definition) is 1. The maximum atomic E-state index is 13.3. The van der Waals surface area contributed by atoms with Gasteiger partial charge in [0.15, 0.2) is 6.10 Å². The van der Waals surface area contributed by atoms with Crippen LogP contribution in [0.2, 0.25) is 5.02 Å². The maximum absolute atomic E-state index is 13.3. The Kier molecular flexibility index (Phi) is 4.68. The van der Waals surface area contributed by atoms with Crippen LogP contribution in [0.3, 0.4) is 0 Å². The van der Waals surface area contributed by atoms with Gasteiger partial charge in [0.25, 0.3) is 5.92 Å². The second kappa shape index (κ2) is 7.02. The molecule has 2 aliphatic rings. The number of cyclic esters (lactones) is 1. The molecule has 8 heteroatoms. The van der Waals surface area contributed by atoms with Crippen LogP contribution in [0.25, 0.3) is 0 Å². The van der Waals surface area contributed by atoms with Gasteiger partial charge in [-0.05, 0) is 23.8 Å². The largest absolute Gasteiger partial charge is 0.439 e. The summed E-state index contributed by atoms with van der Waals surface area (Å²) in [5, 5.41) is 2.82. The zero-order chi connectivity index (χ0) is 19.9. The molecule has 2 unspecified atom stereocenters. The molecule has 1 aliphatic heterocycles. The average molecular weight is 407 g/mol. The predicted molar refractivity (Wildman–Crippen MR) is 95.3 cm³/mol. The van der Waals surface area contributed by atoms with E-state index in [1.807, 2.05) is 0 Å². The van der Waals surface area contributed by atoms with Crippen LogP contribution in [-0.2, 0) is 4.74 Å². The van der Waals surface area contributed by atoms with Crippen LogP contribution in [0.4, 0.5) is 18.0 Å². The topological polar surface area (TPSA) is 51.2 Å². The molecule has 0 radical (unpaired) electrons. The number of nitrogens with one attached hydrogen (secondary N) is 1. The zero-order valence-corrected chi connectivity index (χ0v) is 15.1. The first-order chi connectivity index (χ1) is 13.3. The fraction of sp³-hybridized carbons (Fsp3) is 0.300. The van der Waals surface area contributed by atoms with E-state index in [1.54, 1.807) is 12.3 Å². The van der Waals surface area contributed by atoms with Crippen molar-refractivity contribution in [3.05, 3.63) is 64.2 Å². The quantitative estimate of drug-likeness (QED) is 0.729. The molecule has 4 nitrogen and oxygen atoms in total. The van der Waals surface area contributed by atoms with Gasteiger partial charge in [-0.15, -0.1) is 0 Å². The van der Waals surface area contributed by atoms with E-state index in [0.717, 1.165) is 6.07 Å². The SMILES string of the molecule is O=C1NC(c2cncc(C#CC3CC(F)(F)C3)c2)C(c2ccc(F)cc2Cl)O1. The predicted octanol–water partition coefficient (Wildman–Crippen LogP) is 4.79. The van der Waals surface area contributed by atoms with Gasteiger partial charge in [0.1, 0.15) is 11.9 Å². The Labute approximate surface area is 164 Å². The molecule has 28 heavy (non-hydrogen) atoms.